The molecule has 1 fully saturated rings. The van der Waals surface area contributed by atoms with Gasteiger partial charge in [0.25, 0.3) is 0 Å². The Morgan fingerprint density at radius 1 is 1.11 bits per heavy atom. The van der Waals surface area contributed by atoms with Crippen LogP contribution in [0.25, 0.3) is 0 Å². The number of anilines is 2. The summed E-state index contributed by atoms with van der Waals surface area (Å²) in [5.74, 6) is -1.45. The van der Waals surface area contributed by atoms with Crippen LogP contribution in [0.2, 0.25) is 0 Å². The number of piperidine rings is 1. The Hall–Kier alpha value is -2.47. The Kier molecular flexibility index (Phi) is 4.38. The summed E-state index contributed by atoms with van der Waals surface area (Å²) < 4.78 is 27.1. The van der Waals surface area contributed by atoms with Crippen LogP contribution < -0.4 is 10.2 Å². The number of carbonyl (C=O) groups excluding carboxylic acids is 1. The number of benzene rings is 2. The van der Waals surface area contributed by atoms with Crippen molar-refractivity contribution in [1.29, 1.82) is 0 Å². The number of urea groups is 1. The van der Waals surface area contributed by atoms with Crippen molar-refractivity contribution >= 4 is 17.4 Å². The minimum atomic E-state index is -0.777. The van der Waals surface area contributed by atoms with E-state index in [0.29, 0.717) is 6.54 Å². The lowest BCUT2D eigenvalue weighted by Crippen LogP contribution is -2.45. The Morgan fingerprint density at radius 2 is 1.85 bits per heavy atom. The number of nitrogens with one attached hydrogen (secondary N) is 1. The Bertz CT molecular complexity index is 891. The molecule has 2 aromatic carbocycles. The number of rotatable bonds is 1. The van der Waals surface area contributed by atoms with Gasteiger partial charge in [0.1, 0.15) is 11.6 Å². The molecule has 0 radical (unpaired) electrons. The predicted octanol–water partition coefficient (Wildman–Crippen LogP) is 4.29. The monoisotopic (exact) mass is 371 g/mol. The zero-order chi connectivity index (χ0) is 19.2. The van der Waals surface area contributed by atoms with Gasteiger partial charge in [-0.25, -0.2) is 13.6 Å². The Balaban J connectivity index is 1.65. The largest absolute Gasteiger partial charge is 0.326 e. The van der Waals surface area contributed by atoms with Crippen LogP contribution in [0.1, 0.15) is 24.0 Å². The molecule has 1 saturated heterocycles. The van der Waals surface area contributed by atoms with Gasteiger partial charge in [0.05, 0.1) is 5.69 Å². The van der Waals surface area contributed by atoms with Crippen molar-refractivity contribution in [2.24, 2.45) is 0 Å². The Morgan fingerprint density at radius 3 is 2.56 bits per heavy atom. The van der Waals surface area contributed by atoms with Gasteiger partial charge in [0.2, 0.25) is 0 Å². The molecule has 0 aliphatic carbocycles. The first-order valence-electron chi connectivity index (χ1n) is 9.21. The zero-order valence-corrected chi connectivity index (χ0v) is 15.6. The second-order valence-electron chi connectivity index (χ2n) is 7.74. The lowest BCUT2D eigenvalue weighted by atomic mass is 9.74. The van der Waals surface area contributed by atoms with Crippen LogP contribution in [0.15, 0.2) is 36.4 Å². The number of likely N-dealkylation sites (tertiary alicyclic amines) is 1. The smallest absolute Gasteiger partial charge is 0.306 e. The molecule has 1 spiro atoms. The molecule has 142 valence electrons. The molecule has 2 aromatic rings. The fraction of sp³-hybridized carbons (Fsp3) is 0.381. The third-order valence-electron chi connectivity index (χ3n) is 5.84. The molecule has 2 aliphatic rings. The third kappa shape index (κ3) is 3.18. The highest BCUT2D eigenvalue weighted by molar-refractivity contribution is 6.03. The highest BCUT2D eigenvalue weighted by atomic mass is 19.1. The second-order valence-corrected chi connectivity index (χ2v) is 7.74. The van der Waals surface area contributed by atoms with Crippen molar-refractivity contribution in [2.75, 3.05) is 36.9 Å². The number of fused-ring (bicyclic) bond motifs is 2. The average molecular weight is 371 g/mol. The van der Waals surface area contributed by atoms with Crippen LogP contribution in [-0.4, -0.2) is 37.6 Å². The fourth-order valence-electron chi connectivity index (χ4n) is 4.21. The van der Waals surface area contributed by atoms with Crippen molar-refractivity contribution in [3.8, 4) is 0 Å². The van der Waals surface area contributed by atoms with Crippen molar-refractivity contribution in [1.82, 2.24) is 4.90 Å². The van der Waals surface area contributed by atoms with E-state index in [2.05, 4.69) is 30.3 Å². The Labute approximate surface area is 157 Å². The summed E-state index contributed by atoms with van der Waals surface area (Å²) in [4.78, 5) is 16.9. The summed E-state index contributed by atoms with van der Waals surface area (Å²) in [6.45, 7) is 4.60. The van der Waals surface area contributed by atoms with E-state index in [0.717, 1.165) is 43.8 Å². The van der Waals surface area contributed by atoms with E-state index < -0.39 is 11.6 Å². The molecule has 0 bridgehead atoms. The lowest BCUT2D eigenvalue weighted by Gasteiger charge is -2.38. The standard InChI is InChI=1S/C21H23F2N3O/c1-14-3-6-19-16(11-14)21(7-9-25(2)10-8-21)13-26(19)20(27)24-18-5-4-15(22)12-17(18)23/h3-6,11-12H,7-10,13H2,1-2H3,(H,24,27). The molecule has 2 heterocycles. The highest BCUT2D eigenvalue weighted by Gasteiger charge is 2.46. The number of nitrogens with zero attached hydrogens (tertiary/aromatic N) is 2. The molecular formula is C21H23F2N3O. The molecule has 0 saturated carbocycles. The van der Waals surface area contributed by atoms with Crippen LogP contribution >= 0.6 is 0 Å². The summed E-state index contributed by atoms with van der Waals surface area (Å²) in [5.41, 5.74) is 3.17. The molecule has 2 amide bonds. The van der Waals surface area contributed by atoms with Crippen molar-refractivity contribution in [3.63, 3.8) is 0 Å². The average Bonchev–Trinajstić information content (AvgIpc) is 2.94. The minimum absolute atomic E-state index is 0.0145. The molecule has 4 rings (SSSR count). The highest BCUT2D eigenvalue weighted by Crippen LogP contribution is 2.47. The van der Waals surface area contributed by atoms with E-state index in [4.69, 9.17) is 0 Å². The first-order valence-corrected chi connectivity index (χ1v) is 9.21. The summed E-state index contributed by atoms with van der Waals surface area (Å²) >= 11 is 0. The number of aryl methyl sites for hydroxylation is 1. The second kappa shape index (κ2) is 6.60. The molecule has 27 heavy (non-hydrogen) atoms. The summed E-state index contributed by atoms with van der Waals surface area (Å²) in [5, 5.41) is 2.60. The fourth-order valence-corrected chi connectivity index (χ4v) is 4.21. The van der Waals surface area contributed by atoms with Gasteiger partial charge in [-0.3, -0.25) is 4.90 Å². The van der Waals surface area contributed by atoms with Crippen molar-refractivity contribution < 1.29 is 13.6 Å². The van der Waals surface area contributed by atoms with Gasteiger partial charge in [0.15, 0.2) is 0 Å². The number of hydrogen-bond donors (Lipinski definition) is 1. The van der Waals surface area contributed by atoms with Crippen LogP contribution in [0.5, 0.6) is 0 Å². The van der Waals surface area contributed by atoms with Crippen LogP contribution in [0.3, 0.4) is 0 Å². The molecule has 0 unspecified atom stereocenters. The normalized spacial score (nSPS) is 18.6. The van der Waals surface area contributed by atoms with E-state index >= 15 is 0 Å². The van der Waals surface area contributed by atoms with Crippen molar-refractivity contribution in [2.45, 2.75) is 25.2 Å². The SMILES string of the molecule is Cc1ccc2c(c1)C1(CCN(C)CC1)CN2C(=O)Nc1ccc(F)cc1F. The van der Waals surface area contributed by atoms with E-state index in [-0.39, 0.29) is 17.1 Å². The number of hydrogen-bond acceptors (Lipinski definition) is 2. The predicted molar refractivity (Wildman–Crippen MR) is 102 cm³/mol. The maximum Gasteiger partial charge on any atom is 0.326 e. The molecule has 4 nitrogen and oxygen atoms in total. The first kappa shape index (κ1) is 17.9. The van der Waals surface area contributed by atoms with Crippen molar-refractivity contribution in [3.05, 3.63) is 59.2 Å². The number of amides is 2. The van der Waals surface area contributed by atoms with E-state index in [1.165, 1.54) is 17.2 Å². The summed E-state index contributed by atoms with van der Waals surface area (Å²) in [6.07, 6.45) is 1.96. The summed E-state index contributed by atoms with van der Waals surface area (Å²) in [6, 6.07) is 8.91. The van der Waals surface area contributed by atoms with Gasteiger partial charge < -0.3 is 10.2 Å². The molecule has 1 N–H and O–H groups in total. The maximum absolute atomic E-state index is 14.0. The van der Waals surface area contributed by atoms with Gasteiger partial charge in [0, 0.05) is 23.7 Å². The molecule has 2 aliphatic heterocycles. The maximum atomic E-state index is 14.0. The number of carbonyl (C=O) groups is 1. The summed E-state index contributed by atoms with van der Waals surface area (Å²) in [7, 11) is 2.11. The zero-order valence-electron chi connectivity index (χ0n) is 15.6. The third-order valence-corrected chi connectivity index (χ3v) is 5.84. The van der Waals surface area contributed by atoms with E-state index in [9.17, 15) is 13.6 Å². The molecule has 0 aromatic heterocycles. The number of halogens is 2. The van der Waals surface area contributed by atoms with E-state index in [1.54, 1.807) is 4.90 Å². The first-order chi connectivity index (χ1) is 12.9. The minimum Gasteiger partial charge on any atom is -0.306 e. The van der Waals surface area contributed by atoms with Gasteiger partial charge in [-0.2, -0.15) is 0 Å². The van der Waals surface area contributed by atoms with Crippen LogP contribution in [0.4, 0.5) is 25.0 Å². The quantitative estimate of drug-likeness (QED) is 0.812. The van der Waals surface area contributed by atoms with Crippen LogP contribution in [-0.2, 0) is 5.41 Å². The van der Waals surface area contributed by atoms with Gasteiger partial charge >= 0.3 is 6.03 Å². The molecule has 0 atom stereocenters. The van der Waals surface area contributed by atoms with Crippen LogP contribution in [0, 0.1) is 18.6 Å². The van der Waals surface area contributed by atoms with Gasteiger partial charge in [-0.05, 0) is 63.7 Å². The van der Waals surface area contributed by atoms with Gasteiger partial charge in [-0.1, -0.05) is 17.7 Å². The topological polar surface area (TPSA) is 35.6 Å². The van der Waals surface area contributed by atoms with E-state index in [1.807, 2.05) is 12.1 Å². The molecular weight excluding hydrogens is 348 g/mol. The molecule has 6 heteroatoms. The van der Waals surface area contributed by atoms with Gasteiger partial charge in [-0.15, -0.1) is 0 Å². The lowest BCUT2D eigenvalue weighted by molar-refractivity contribution is 0.196.